The van der Waals surface area contributed by atoms with Gasteiger partial charge in [-0.2, -0.15) is 0 Å². The Morgan fingerprint density at radius 1 is 1.00 bits per heavy atom. The van der Waals surface area contributed by atoms with Gasteiger partial charge >= 0.3 is 0 Å². The van der Waals surface area contributed by atoms with Crippen molar-refractivity contribution in [3.05, 3.63) is 0 Å². The summed E-state index contributed by atoms with van der Waals surface area (Å²) in [6, 6.07) is 0. The lowest BCUT2D eigenvalue weighted by Gasteiger charge is -2.44. The van der Waals surface area contributed by atoms with Gasteiger partial charge in [-0.25, -0.2) is 0 Å². The van der Waals surface area contributed by atoms with Crippen molar-refractivity contribution in [2.45, 2.75) is 12.6 Å². The monoisotopic (exact) mass is 187 g/mol. The standard InChI is InChI=1S/C9H17NO3/c1-9(8-12-6-7-13-9)10-2-4-11-5-3-10/h2-8H2,1H3. The lowest BCUT2D eigenvalue weighted by atomic mass is 10.2. The molecule has 0 radical (unpaired) electrons. The molecule has 2 fully saturated rings. The number of hydrogen-bond acceptors (Lipinski definition) is 4. The molecule has 2 aliphatic rings. The largest absolute Gasteiger partial charge is 0.379 e. The Hall–Kier alpha value is -0.160. The first-order valence-corrected chi connectivity index (χ1v) is 4.86. The van der Waals surface area contributed by atoms with Crippen molar-refractivity contribution >= 4 is 0 Å². The lowest BCUT2D eigenvalue weighted by molar-refractivity contribution is -0.232. The molecule has 0 bridgehead atoms. The van der Waals surface area contributed by atoms with Crippen LogP contribution in [-0.2, 0) is 14.2 Å². The zero-order chi connectivity index (χ0) is 9.15. The second-order valence-corrected chi connectivity index (χ2v) is 3.68. The predicted octanol–water partition coefficient (Wildman–Crippen LogP) is 0.0816. The van der Waals surface area contributed by atoms with Gasteiger partial charge in [0.15, 0.2) is 0 Å². The molecule has 2 heterocycles. The van der Waals surface area contributed by atoms with Gasteiger partial charge in [-0.3, -0.25) is 4.90 Å². The van der Waals surface area contributed by atoms with E-state index < -0.39 is 0 Å². The van der Waals surface area contributed by atoms with Crippen LogP contribution in [0.5, 0.6) is 0 Å². The normalized spacial score (nSPS) is 37.6. The molecular formula is C9H17NO3. The third-order valence-electron chi connectivity index (χ3n) is 2.69. The van der Waals surface area contributed by atoms with Crippen LogP contribution in [0.4, 0.5) is 0 Å². The quantitative estimate of drug-likeness (QED) is 0.582. The number of morpholine rings is 1. The molecule has 13 heavy (non-hydrogen) atoms. The van der Waals surface area contributed by atoms with Crippen LogP contribution in [0.1, 0.15) is 6.92 Å². The van der Waals surface area contributed by atoms with E-state index in [4.69, 9.17) is 14.2 Å². The Balaban J connectivity index is 1.94. The summed E-state index contributed by atoms with van der Waals surface area (Å²) in [4.78, 5) is 2.30. The summed E-state index contributed by atoms with van der Waals surface area (Å²) >= 11 is 0. The summed E-state index contributed by atoms with van der Waals surface area (Å²) in [7, 11) is 0. The molecule has 0 aromatic heterocycles. The third-order valence-corrected chi connectivity index (χ3v) is 2.69. The molecule has 0 aromatic carbocycles. The summed E-state index contributed by atoms with van der Waals surface area (Å²) in [6.45, 7) is 7.69. The van der Waals surface area contributed by atoms with Gasteiger partial charge in [-0.1, -0.05) is 0 Å². The van der Waals surface area contributed by atoms with Crippen molar-refractivity contribution < 1.29 is 14.2 Å². The maximum atomic E-state index is 5.75. The molecule has 0 aromatic rings. The van der Waals surface area contributed by atoms with E-state index in [-0.39, 0.29) is 5.72 Å². The maximum Gasteiger partial charge on any atom is 0.142 e. The first kappa shape index (κ1) is 9.40. The van der Waals surface area contributed by atoms with Crippen molar-refractivity contribution in [3.8, 4) is 0 Å². The molecule has 4 nitrogen and oxygen atoms in total. The van der Waals surface area contributed by atoms with Crippen LogP contribution in [-0.4, -0.2) is 56.7 Å². The van der Waals surface area contributed by atoms with E-state index in [0.29, 0.717) is 13.2 Å². The van der Waals surface area contributed by atoms with Gasteiger partial charge in [-0.15, -0.1) is 0 Å². The molecule has 0 saturated carbocycles. The summed E-state index contributed by atoms with van der Waals surface area (Å²) in [5.74, 6) is 0. The fourth-order valence-corrected chi connectivity index (χ4v) is 1.84. The fraction of sp³-hybridized carbons (Fsp3) is 1.00. The highest BCUT2D eigenvalue weighted by atomic mass is 16.6. The number of hydrogen-bond donors (Lipinski definition) is 0. The van der Waals surface area contributed by atoms with Crippen LogP contribution in [0.25, 0.3) is 0 Å². The van der Waals surface area contributed by atoms with Gasteiger partial charge < -0.3 is 14.2 Å². The average molecular weight is 187 g/mol. The van der Waals surface area contributed by atoms with E-state index in [9.17, 15) is 0 Å². The molecule has 2 rings (SSSR count). The SMILES string of the molecule is CC1(N2CCOCC2)COCCO1. The summed E-state index contributed by atoms with van der Waals surface area (Å²) in [5.41, 5.74) is -0.220. The smallest absolute Gasteiger partial charge is 0.142 e. The van der Waals surface area contributed by atoms with Gasteiger partial charge in [0.2, 0.25) is 0 Å². The Kier molecular flexibility index (Phi) is 2.83. The highest BCUT2D eigenvalue weighted by Gasteiger charge is 2.36. The molecule has 0 spiro atoms. The molecule has 2 saturated heterocycles. The second kappa shape index (κ2) is 3.92. The summed E-state index contributed by atoms with van der Waals surface area (Å²) < 4.78 is 16.5. The summed E-state index contributed by atoms with van der Waals surface area (Å²) in [5, 5.41) is 0. The molecule has 4 heteroatoms. The highest BCUT2D eigenvalue weighted by molar-refractivity contribution is 4.80. The van der Waals surface area contributed by atoms with Crippen LogP contribution in [0, 0.1) is 0 Å². The zero-order valence-corrected chi connectivity index (χ0v) is 8.12. The Labute approximate surface area is 78.7 Å². The van der Waals surface area contributed by atoms with Gasteiger partial charge in [0.05, 0.1) is 33.0 Å². The zero-order valence-electron chi connectivity index (χ0n) is 8.12. The first-order valence-electron chi connectivity index (χ1n) is 4.86. The molecule has 0 aliphatic carbocycles. The van der Waals surface area contributed by atoms with E-state index in [2.05, 4.69) is 11.8 Å². The summed E-state index contributed by atoms with van der Waals surface area (Å²) in [6.07, 6.45) is 0. The van der Waals surface area contributed by atoms with Crippen molar-refractivity contribution in [2.75, 3.05) is 46.1 Å². The Bertz CT molecular complexity index is 162. The number of rotatable bonds is 1. The third kappa shape index (κ3) is 2.02. The van der Waals surface area contributed by atoms with E-state index in [1.807, 2.05) is 0 Å². The van der Waals surface area contributed by atoms with E-state index >= 15 is 0 Å². The van der Waals surface area contributed by atoms with Gasteiger partial charge in [-0.05, 0) is 6.92 Å². The Morgan fingerprint density at radius 2 is 1.77 bits per heavy atom. The van der Waals surface area contributed by atoms with Crippen molar-refractivity contribution in [3.63, 3.8) is 0 Å². The van der Waals surface area contributed by atoms with E-state index in [0.717, 1.165) is 32.9 Å². The van der Waals surface area contributed by atoms with Gasteiger partial charge in [0.1, 0.15) is 5.72 Å². The fourth-order valence-electron chi connectivity index (χ4n) is 1.84. The molecule has 0 N–H and O–H groups in total. The first-order chi connectivity index (χ1) is 6.31. The number of nitrogens with zero attached hydrogens (tertiary/aromatic N) is 1. The van der Waals surface area contributed by atoms with Crippen molar-refractivity contribution in [2.24, 2.45) is 0 Å². The Morgan fingerprint density at radius 3 is 2.38 bits per heavy atom. The van der Waals surface area contributed by atoms with Gasteiger partial charge in [0, 0.05) is 13.1 Å². The second-order valence-electron chi connectivity index (χ2n) is 3.68. The van der Waals surface area contributed by atoms with Crippen LogP contribution >= 0.6 is 0 Å². The maximum absolute atomic E-state index is 5.75. The predicted molar refractivity (Wildman–Crippen MR) is 47.6 cm³/mol. The minimum Gasteiger partial charge on any atom is -0.379 e. The molecule has 1 unspecified atom stereocenters. The minimum atomic E-state index is -0.220. The molecule has 2 aliphatic heterocycles. The van der Waals surface area contributed by atoms with Gasteiger partial charge in [0.25, 0.3) is 0 Å². The van der Waals surface area contributed by atoms with E-state index in [1.165, 1.54) is 0 Å². The van der Waals surface area contributed by atoms with Crippen LogP contribution < -0.4 is 0 Å². The average Bonchev–Trinajstić information content (AvgIpc) is 2.20. The van der Waals surface area contributed by atoms with Crippen molar-refractivity contribution in [1.29, 1.82) is 0 Å². The molecule has 76 valence electrons. The van der Waals surface area contributed by atoms with Crippen molar-refractivity contribution in [1.82, 2.24) is 4.90 Å². The topological polar surface area (TPSA) is 30.9 Å². The molecule has 1 atom stereocenters. The van der Waals surface area contributed by atoms with Crippen LogP contribution in [0.15, 0.2) is 0 Å². The van der Waals surface area contributed by atoms with Crippen LogP contribution in [0.3, 0.4) is 0 Å². The van der Waals surface area contributed by atoms with Crippen LogP contribution in [0.2, 0.25) is 0 Å². The minimum absolute atomic E-state index is 0.220. The number of ether oxygens (including phenoxy) is 3. The molecular weight excluding hydrogens is 170 g/mol. The molecule has 0 amide bonds. The van der Waals surface area contributed by atoms with E-state index in [1.54, 1.807) is 0 Å². The highest BCUT2D eigenvalue weighted by Crippen LogP contribution is 2.21. The lowest BCUT2D eigenvalue weighted by Crippen LogP contribution is -2.58.